The largest absolute Gasteiger partial charge is 0.393 e. The van der Waals surface area contributed by atoms with E-state index in [4.69, 9.17) is 11.5 Å². The SMILES string of the molecule is CC(C(N)=O)c1ccc([N+](=O)[O-])c(N)c1. The van der Waals surface area contributed by atoms with Gasteiger partial charge in [-0.3, -0.25) is 14.9 Å². The number of nitrogens with zero attached hydrogens (tertiary/aromatic N) is 1. The number of hydrogen-bond donors (Lipinski definition) is 2. The highest BCUT2D eigenvalue weighted by Gasteiger charge is 2.16. The van der Waals surface area contributed by atoms with Crippen molar-refractivity contribution < 1.29 is 9.72 Å². The molecular weight excluding hydrogens is 198 g/mol. The van der Waals surface area contributed by atoms with Gasteiger partial charge in [-0.15, -0.1) is 0 Å². The highest BCUT2D eigenvalue weighted by molar-refractivity contribution is 5.82. The second-order valence-electron chi connectivity index (χ2n) is 3.20. The molecule has 1 atom stereocenters. The van der Waals surface area contributed by atoms with Gasteiger partial charge in [-0.2, -0.15) is 0 Å². The number of rotatable bonds is 3. The molecule has 0 spiro atoms. The Kier molecular flexibility index (Phi) is 2.89. The third-order valence-corrected chi connectivity index (χ3v) is 2.18. The highest BCUT2D eigenvalue weighted by atomic mass is 16.6. The van der Waals surface area contributed by atoms with Gasteiger partial charge in [0.15, 0.2) is 0 Å². The van der Waals surface area contributed by atoms with Crippen LogP contribution in [0.3, 0.4) is 0 Å². The molecule has 1 amide bonds. The van der Waals surface area contributed by atoms with E-state index in [1.807, 2.05) is 0 Å². The van der Waals surface area contributed by atoms with Gasteiger partial charge in [0, 0.05) is 6.07 Å². The molecule has 0 saturated carbocycles. The zero-order valence-electron chi connectivity index (χ0n) is 8.14. The number of carbonyl (C=O) groups is 1. The molecule has 6 heteroatoms. The Morgan fingerprint density at radius 1 is 1.53 bits per heavy atom. The van der Waals surface area contributed by atoms with E-state index in [9.17, 15) is 14.9 Å². The molecular formula is C9H11N3O3. The summed E-state index contributed by atoms with van der Waals surface area (Å²) in [6.07, 6.45) is 0. The topological polar surface area (TPSA) is 112 Å². The molecule has 6 nitrogen and oxygen atoms in total. The summed E-state index contributed by atoms with van der Waals surface area (Å²) in [7, 11) is 0. The summed E-state index contributed by atoms with van der Waals surface area (Å²) in [6, 6.07) is 4.14. The van der Waals surface area contributed by atoms with Crippen molar-refractivity contribution in [1.82, 2.24) is 0 Å². The Morgan fingerprint density at radius 3 is 2.53 bits per heavy atom. The van der Waals surface area contributed by atoms with Crippen LogP contribution in [0, 0.1) is 10.1 Å². The maximum atomic E-state index is 10.9. The van der Waals surface area contributed by atoms with Crippen molar-refractivity contribution in [2.75, 3.05) is 5.73 Å². The van der Waals surface area contributed by atoms with Crippen molar-refractivity contribution in [1.29, 1.82) is 0 Å². The maximum Gasteiger partial charge on any atom is 0.292 e. The molecule has 1 rings (SSSR count). The molecule has 0 fully saturated rings. The lowest BCUT2D eigenvalue weighted by atomic mass is 10.00. The smallest absolute Gasteiger partial charge is 0.292 e. The minimum atomic E-state index is -0.575. The fourth-order valence-electron chi connectivity index (χ4n) is 1.17. The Morgan fingerprint density at radius 2 is 2.13 bits per heavy atom. The van der Waals surface area contributed by atoms with Gasteiger partial charge in [-0.1, -0.05) is 6.07 Å². The molecule has 0 saturated heterocycles. The van der Waals surface area contributed by atoms with Crippen LogP contribution in [0.1, 0.15) is 18.4 Å². The molecule has 1 unspecified atom stereocenters. The molecule has 0 aliphatic heterocycles. The summed E-state index contributed by atoms with van der Waals surface area (Å²) in [5.41, 5.74) is 11.0. The van der Waals surface area contributed by atoms with E-state index in [0.29, 0.717) is 5.56 Å². The van der Waals surface area contributed by atoms with Crippen molar-refractivity contribution in [3.8, 4) is 0 Å². The molecule has 0 aromatic heterocycles. The van der Waals surface area contributed by atoms with Crippen LogP contribution in [0.25, 0.3) is 0 Å². The average molecular weight is 209 g/mol. The van der Waals surface area contributed by atoms with Gasteiger partial charge in [0.2, 0.25) is 5.91 Å². The first-order chi connectivity index (χ1) is 6.93. The molecule has 80 valence electrons. The summed E-state index contributed by atoms with van der Waals surface area (Å²) < 4.78 is 0. The predicted octanol–water partition coefficient (Wildman–Crippen LogP) is 0.766. The quantitative estimate of drug-likeness (QED) is 0.434. The molecule has 0 bridgehead atoms. The Hall–Kier alpha value is -2.11. The number of nitro benzene ring substituents is 1. The summed E-state index contributed by atoms with van der Waals surface area (Å²) >= 11 is 0. The lowest BCUT2D eigenvalue weighted by molar-refractivity contribution is -0.383. The van der Waals surface area contributed by atoms with Gasteiger partial charge in [0.05, 0.1) is 10.8 Å². The van der Waals surface area contributed by atoms with Crippen LogP contribution in [-0.4, -0.2) is 10.8 Å². The molecule has 0 radical (unpaired) electrons. The van der Waals surface area contributed by atoms with Crippen LogP contribution in [0.5, 0.6) is 0 Å². The van der Waals surface area contributed by atoms with E-state index in [0.717, 1.165) is 0 Å². The van der Waals surface area contributed by atoms with E-state index < -0.39 is 16.7 Å². The van der Waals surface area contributed by atoms with Gasteiger partial charge in [-0.05, 0) is 18.6 Å². The number of carbonyl (C=O) groups excluding carboxylic acids is 1. The fourth-order valence-corrected chi connectivity index (χ4v) is 1.17. The summed E-state index contributed by atoms with van der Waals surface area (Å²) in [4.78, 5) is 20.8. The summed E-state index contributed by atoms with van der Waals surface area (Å²) in [5.74, 6) is -1.00. The second kappa shape index (κ2) is 3.95. The minimum absolute atomic E-state index is 0.0330. The van der Waals surface area contributed by atoms with Gasteiger partial charge < -0.3 is 11.5 Å². The van der Waals surface area contributed by atoms with Crippen molar-refractivity contribution in [2.45, 2.75) is 12.8 Å². The fraction of sp³-hybridized carbons (Fsp3) is 0.222. The number of nitrogens with two attached hydrogens (primary N) is 2. The standard InChI is InChI=1S/C9H11N3O3/c1-5(9(11)13)6-2-3-8(12(14)15)7(10)4-6/h2-5H,10H2,1H3,(H2,11,13). The lowest BCUT2D eigenvalue weighted by Gasteiger charge is -2.07. The van der Waals surface area contributed by atoms with Gasteiger partial charge in [0.25, 0.3) is 5.69 Å². The van der Waals surface area contributed by atoms with Gasteiger partial charge in [0.1, 0.15) is 5.69 Å². The van der Waals surface area contributed by atoms with Crippen molar-refractivity contribution in [3.05, 3.63) is 33.9 Å². The van der Waals surface area contributed by atoms with E-state index in [1.54, 1.807) is 6.92 Å². The Labute approximate surface area is 86.0 Å². The molecule has 4 N–H and O–H groups in total. The van der Waals surface area contributed by atoms with E-state index in [-0.39, 0.29) is 11.4 Å². The third kappa shape index (κ3) is 2.22. The number of hydrogen-bond acceptors (Lipinski definition) is 4. The molecule has 0 aliphatic carbocycles. The van der Waals surface area contributed by atoms with Crippen LogP contribution in [0.2, 0.25) is 0 Å². The lowest BCUT2D eigenvalue weighted by Crippen LogP contribution is -2.18. The van der Waals surface area contributed by atoms with Gasteiger partial charge in [-0.25, -0.2) is 0 Å². The average Bonchev–Trinajstić information content (AvgIpc) is 2.15. The number of benzene rings is 1. The Balaban J connectivity index is 3.12. The van der Waals surface area contributed by atoms with Gasteiger partial charge >= 0.3 is 0 Å². The normalized spacial score (nSPS) is 12.1. The molecule has 0 aliphatic rings. The highest BCUT2D eigenvalue weighted by Crippen LogP contribution is 2.25. The molecule has 1 aromatic rings. The molecule has 0 heterocycles. The van der Waals surface area contributed by atoms with Crippen LogP contribution in [0.4, 0.5) is 11.4 Å². The van der Waals surface area contributed by atoms with E-state index in [2.05, 4.69) is 0 Å². The van der Waals surface area contributed by atoms with Crippen molar-refractivity contribution in [2.24, 2.45) is 5.73 Å². The Bertz CT molecular complexity index is 417. The number of nitro groups is 1. The molecule has 15 heavy (non-hydrogen) atoms. The van der Waals surface area contributed by atoms with Crippen LogP contribution >= 0.6 is 0 Å². The van der Waals surface area contributed by atoms with E-state index >= 15 is 0 Å². The monoisotopic (exact) mass is 209 g/mol. The first-order valence-corrected chi connectivity index (χ1v) is 4.26. The van der Waals surface area contributed by atoms with Crippen molar-refractivity contribution in [3.63, 3.8) is 0 Å². The maximum absolute atomic E-state index is 10.9. The number of nitrogen functional groups attached to an aromatic ring is 1. The zero-order valence-corrected chi connectivity index (χ0v) is 8.14. The van der Waals surface area contributed by atoms with Crippen LogP contribution in [-0.2, 0) is 4.79 Å². The van der Waals surface area contributed by atoms with E-state index in [1.165, 1.54) is 18.2 Å². The van der Waals surface area contributed by atoms with Crippen LogP contribution < -0.4 is 11.5 Å². The van der Waals surface area contributed by atoms with Crippen LogP contribution in [0.15, 0.2) is 18.2 Å². The number of anilines is 1. The second-order valence-corrected chi connectivity index (χ2v) is 3.20. The predicted molar refractivity (Wildman–Crippen MR) is 55.1 cm³/mol. The van der Waals surface area contributed by atoms with Crippen molar-refractivity contribution >= 4 is 17.3 Å². The number of amides is 1. The summed E-state index contributed by atoms with van der Waals surface area (Å²) in [6.45, 7) is 1.61. The summed E-state index contributed by atoms with van der Waals surface area (Å²) in [5, 5.41) is 10.5. The first kappa shape index (κ1) is 11.0. The zero-order chi connectivity index (χ0) is 11.6. The third-order valence-electron chi connectivity index (χ3n) is 2.18. The first-order valence-electron chi connectivity index (χ1n) is 4.26. The number of primary amides is 1. The minimum Gasteiger partial charge on any atom is -0.393 e. The molecule has 1 aromatic carbocycles.